The van der Waals surface area contributed by atoms with Crippen molar-refractivity contribution in [2.24, 2.45) is 12.8 Å². The molecule has 6 nitrogen and oxygen atoms in total. The lowest BCUT2D eigenvalue weighted by molar-refractivity contribution is 0.162. The van der Waals surface area contributed by atoms with Gasteiger partial charge in [0.1, 0.15) is 0 Å². The van der Waals surface area contributed by atoms with Gasteiger partial charge in [-0.1, -0.05) is 0 Å². The van der Waals surface area contributed by atoms with Crippen LogP contribution in [0.15, 0.2) is 12.4 Å². The van der Waals surface area contributed by atoms with Crippen LogP contribution in [0.4, 0.5) is 0 Å². The number of hydrogen-bond donors (Lipinski definition) is 1. The van der Waals surface area contributed by atoms with E-state index in [2.05, 4.69) is 10.00 Å². The molecule has 1 aliphatic heterocycles. The van der Waals surface area contributed by atoms with Gasteiger partial charge in [0.2, 0.25) is 0 Å². The molecule has 0 spiro atoms. The van der Waals surface area contributed by atoms with Crippen LogP contribution in [0.1, 0.15) is 18.5 Å². The summed E-state index contributed by atoms with van der Waals surface area (Å²) in [5.74, 6) is 0.428. The summed E-state index contributed by atoms with van der Waals surface area (Å²) in [5.41, 5.74) is 6.89. The Morgan fingerprint density at radius 1 is 1.61 bits per heavy atom. The molecule has 7 heteroatoms. The maximum Gasteiger partial charge on any atom is 0.153 e. The van der Waals surface area contributed by atoms with Crippen LogP contribution in [-0.4, -0.2) is 53.7 Å². The molecule has 1 aromatic heterocycles. The van der Waals surface area contributed by atoms with E-state index < -0.39 is 9.84 Å². The second-order valence-electron chi connectivity index (χ2n) is 4.90. The predicted octanol–water partition coefficient (Wildman–Crippen LogP) is -0.461. The fraction of sp³-hybridized carbons (Fsp3) is 0.727. The fourth-order valence-electron chi connectivity index (χ4n) is 2.55. The zero-order chi connectivity index (χ0) is 13.3. The average molecular weight is 272 g/mol. The Bertz CT molecular complexity index is 511. The molecule has 2 heterocycles. The predicted molar refractivity (Wildman–Crippen MR) is 69.8 cm³/mol. The molecule has 1 aromatic rings. The van der Waals surface area contributed by atoms with Crippen LogP contribution in [0.3, 0.4) is 0 Å². The number of rotatable bonds is 3. The van der Waals surface area contributed by atoms with Crippen LogP contribution in [0.25, 0.3) is 0 Å². The van der Waals surface area contributed by atoms with Gasteiger partial charge in [0.15, 0.2) is 9.84 Å². The van der Waals surface area contributed by atoms with Crippen molar-refractivity contribution in [2.75, 3.05) is 24.6 Å². The molecule has 0 amide bonds. The third-order valence-corrected chi connectivity index (χ3v) is 5.25. The van der Waals surface area contributed by atoms with E-state index in [1.54, 1.807) is 10.9 Å². The van der Waals surface area contributed by atoms with Crippen molar-refractivity contribution in [3.05, 3.63) is 18.0 Å². The minimum absolute atomic E-state index is 0.00231. The third kappa shape index (κ3) is 2.73. The van der Waals surface area contributed by atoms with Crippen LogP contribution in [0.5, 0.6) is 0 Å². The SMILES string of the molecule is CC1CS(=O)(=O)CCN1C(CN)c1cnn(C)c1. The number of hydrogen-bond acceptors (Lipinski definition) is 5. The minimum Gasteiger partial charge on any atom is -0.329 e. The summed E-state index contributed by atoms with van der Waals surface area (Å²) in [5, 5.41) is 4.15. The zero-order valence-electron chi connectivity index (χ0n) is 10.8. The molecular weight excluding hydrogens is 252 g/mol. The Balaban J connectivity index is 2.19. The second-order valence-corrected chi connectivity index (χ2v) is 7.13. The van der Waals surface area contributed by atoms with Crippen molar-refractivity contribution in [3.8, 4) is 0 Å². The van der Waals surface area contributed by atoms with Gasteiger partial charge in [-0.2, -0.15) is 5.10 Å². The van der Waals surface area contributed by atoms with Crippen molar-refractivity contribution in [1.29, 1.82) is 0 Å². The quantitative estimate of drug-likeness (QED) is 0.805. The lowest BCUT2D eigenvalue weighted by Gasteiger charge is -2.38. The molecule has 1 saturated heterocycles. The van der Waals surface area contributed by atoms with Gasteiger partial charge in [-0.3, -0.25) is 9.58 Å². The van der Waals surface area contributed by atoms with Crippen LogP contribution in [0, 0.1) is 0 Å². The average Bonchev–Trinajstić information content (AvgIpc) is 2.68. The monoisotopic (exact) mass is 272 g/mol. The summed E-state index contributed by atoms with van der Waals surface area (Å²) in [6.45, 7) is 2.95. The molecule has 0 aliphatic carbocycles. The number of aromatic nitrogens is 2. The number of nitrogens with two attached hydrogens (primary N) is 1. The number of aryl methyl sites for hydroxylation is 1. The van der Waals surface area contributed by atoms with E-state index in [9.17, 15) is 8.42 Å². The first-order valence-corrected chi connectivity index (χ1v) is 7.90. The van der Waals surface area contributed by atoms with Gasteiger partial charge in [0, 0.05) is 37.9 Å². The molecule has 0 aromatic carbocycles. The first-order chi connectivity index (χ1) is 8.43. The normalized spacial score (nSPS) is 26.1. The molecule has 102 valence electrons. The van der Waals surface area contributed by atoms with E-state index >= 15 is 0 Å². The fourth-order valence-corrected chi connectivity index (χ4v) is 4.13. The summed E-state index contributed by atoms with van der Waals surface area (Å²) < 4.78 is 24.9. The van der Waals surface area contributed by atoms with Crippen molar-refractivity contribution in [3.63, 3.8) is 0 Å². The Kier molecular flexibility index (Phi) is 3.74. The van der Waals surface area contributed by atoms with E-state index in [-0.39, 0.29) is 23.6 Å². The van der Waals surface area contributed by atoms with Crippen LogP contribution >= 0.6 is 0 Å². The highest BCUT2D eigenvalue weighted by atomic mass is 32.2. The molecule has 1 fully saturated rings. The van der Waals surface area contributed by atoms with Crippen molar-refractivity contribution in [1.82, 2.24) is 14.7 Å². The third-order valence-electron chi connectivity index (χ3n) is 3.45. The maximum atomic E-state index is 11.6. The topological polar surface area (TPSA) is 81.2 Å². The summed E-state index contributed by atoms with van der Waals surface area (Å²) in [6.07, 6.45) is 3.74. The summed E-state index contributed by atoms with van der Waals surface area (Å²) in [6, 6.07) is 0.0432. The van der Waals surface area contributed by atoms with Crippen molar-refractivity contribution < 1.29 is 8.42 Å². The largest absolute Gasteiger partial charge is 0.329 e. The molecule has 2 rings (SSSR count). The molecule has 2 N–H and O–H groups in total. The van der Waals surface area contributed by atoms with E-state index in [4.69, 9.17) is 5.73 Å². The summed E-state index contributed by atoms with van der Waals surface area (Å²) >= 11 is 0. The molecule has 0 saturated carbocycles. The van der Waals surface area contributed by atoms with E-state index in [0.29, 0.717) is 13.1 Å². The van der Waals surface area contributed by atoms with Crippen molar-refractivity contribution in [2.45, 2.75) is 19.0 Å². The Morgan fingerprint density at radius 3 is 2.83 bits per heavy atom. The Hall–Kier alpha value is -0.920. The molecule has 2 atom stereocenters. The highest BCUT2D eigenvalue weighted by Crippen LogP contribution is 2.24. The van der Waals surface area contributed by atoms with Gasteiger partial charge in [-0.05, 0) is 6.92 Å². The lowest BCUT2D eigenvalue weighted by Crippen LogP contribution is -2.50. The van der Waals surface area contributed by atoms with Gasteiger partial charge in [-0.25, -0.2) is 8.42 Å². The molecule has 0 bridgehead atoms. The minimum atomic E-state index is -2.89. The van der Waals surface area contributed by atoms with E-state index in [0.717, 1.165) is 5.56 Å². The van der Waals surface area contributed by atoms with E-state index in [1.807, 2.05) is 20.2 Å². The first-order valence-electron chi connectivity index (χ1n) is 6.08. The molecule has 18 heavy (non-hydrogen) atoms. The van der Waals surface area contributed by atoms with Gasteiger partial charge >= 0.3 is 0 Å². The second kappa shape index (κ2) is 4.99. The lowest BCUT2D eigenvalue weighted by atomic mass is 10.1. The standard InChI is InChI=1S/C11H20N4O2S/c1-9-8-18(16,17)4-3-15(9)11(5-12)10-6-13-14(2)7-10/h6-7,9,11H,3-5,8,12H2,1-2H3. The zero-order valence-corrected chi connectivity index (χ0v) is 11.6. The maximum absolute atomic E-state index is 11.6. The summed E-state index contributed by atoms with van der Waals surface area (Å²) in [7, 11) is -1.02. The van der Waals surface area contributed by atoms with Gasteiger partial charge in [-0.15, -0.1) is 0 Å². The first kappa shape index (κ1) is 13.5. The highest BCUT2D eigenvalue weighted by molar-refractivity contribution is 7.91. The van der Waals surface area contributed by atoms with Crippen LogP contribution in [0.2, 0.25) is 0 Å². The molecular formula is C11H20N4O2S. The molecule has 1 aliphatic rings. The number of sulfone groups is 1. The van der Waals surface area contributed by atoms with Gasteiger partial charge < -0.3 is 5.73 Å². The van der Waals surface area contributed by atoms with Crippen molar-refractivity contribution >= 4 is 9.84 Å². The Labute approximate surface area is 108 Å². The molecule has 2 unspecified atom stereocenters. The Morgan fingerprint density at radius 2 is 2.33 bits per heavy atom. The van der Waals surface area contributed by atoms with Crippen LogP contribution in [-0.2, 0) is 16.9 Å². The highest BCUT2D eigenvalue weighted by Gasteiger charge is 2.33. The van der Waals surface area contributed by atoms with E-state index in [1.165, 1.54) is 0 Å². The summed E-state index contributed by atoms with van der Waals surface area (Å²) in [4.78, 5) is 2.16. The number of nitrogens with zero attached hydrogens (tertiary/aromatic N) is 3. The molecule has 0 radical (unpaired) electrons. The van der Waals surface area contributed by atoms with Gasteiger partial charge in [0.25, 0.3) is 0 Å². The smallest absolute Gasteiger partial charge is 0.153 e. The van der Waals surface area contributed by atoms with Gasteiger partial charge in [0.05, 0.1) is 23.7 Å². The van der Waals surface area contributed by atoms with Crippen LogP contribution < -0.4 is 5.73 Å².